The number of rotatable bonds is 8. The molecule has 8 nitrogen and oxygen atoms in total. The molecule has 0 aliphatic carbocycles. The Bertz CT molecular complexity index is 1460. The number of aromatic nitrogens is 1. The number of halogens is 4. The fourth-order valence-corrected chi connectivity index (χ4v) is 5.94. The Balaban J connectivity index is 1.50. The molecule has 2 aliphatic rings. The van der Waals surface area contributed by atoms with Gasteiger partial charge in [-0.1, -0.05) is 6.07 Å². The van der Waals surface area contributed by atoms with Crippen LogP contribution in [-0.2, 0) is 4.79 Å². The molecule has 1 N–H and O–H groups in total. The number of hydrogen-bond acceptors (Lipinski definition) is 6. The summed E-state index contributed by atoms with van der Waals surface area (Å²) in [5.74, 6) is -3.99. The summed E-state index contributed by atoms with van der Waals surface area (Å²) >= 11 is 0. The zero-order valence-corrected chi connectivity index (χ0v) is 23.9. The van der Waals surface area contributed by atoms with Crippen LogP contribution in [0.5, 0.6) is 11.5 Å². The third kappa shape index (κ3) is 6.29. The van der Waals surface area contributed by atoms with Crippen molar-refractivity contribution in [2.45, 2.75) is 50.3 Å². The van der Waals surface area contributed by atoms with Gasteiger partial charge in [-0.15, -0.1) is 0 Å². The van der Waals surface area contributed by atoms with E-state index in [1.54, 1.807) is 19.1 Å². The summed E-state index contributed by atoms with van der Waals surface area (Å²) in [4.78, 5) is 35.7. The number of hydrogen-bond donors (Lipinski definition) is 1. The molecule has 1 aromatic heterocycles. The Kier molecular flexibility index (Phi) is 8.86. The summed E-state index contributed by atoms with van der Waals surface area (Å²) in [6.07, 6.45) is 1.81. The highest BCUT2D eigenvalue weighted by molar-refractivity contribution is 6.05. The van der Waals surface area contributed by atoms with Crippen molar-refractivity contribution in [1.29, 1.82) is 0 Å². The molecule has 2 fully saturated rings. The lowest BCUT2D eigenvalue weighted by molar-refractivity contribution is -0.118. The predicted octanol–water partition coefficient (Wildman–Crippen LogP) is 5.10. The lowest BCUT2D eigenvalue weighted by atomic mass is 9.87. The average Bonchev–Trinajstić information content (AvgIpc) is 3.21. The first-order chi connectivity index (χ1) is 20.6. The van der Waals surface area contributed by atoms with Crippen molar-refractivity contribution in [1.82, 2.24) is 15.2 Å². The summed E-state index contributed by atoms with van der Waals surface area (Å²) in [5, 5.41) is 2.63. The molecule has 12 heteroatoms. The number of nitrogens with zero attached hydrogens (tertiary/aromatic N) is 3. The molecule has 2 aliphatic heterocycles. The number of likely N-dealkylation sites (tertiary alicyclic amines) is 1. The van der Waals surface area contributed by atoms with Crippen LogP contribution in [0.1, 0.15) is 53.2 Å². The van der Waals surface area contributed by atoms with E-state index in [0.717, 1.165) is 43.8 Å². The quantitative estimate of drug-likeness (QED) is 0.363. The van der Waals surface area contributed by atoms with E-state index < -0.39 is 48.1 Å². The van der Waals surface area contributed by atoms with Gasteiger partial charge in [-0.25, -0.2) is 13.8 Å². The highest BCUT2D eigenvalue weighted by Crippen LogP contribution is 2.41. The van der Waals surface area contributed by atoms with Gasteiger partial charge in [0.25, 0.3) is 11.8 Å². The molecule has 2 amide bonds. The predicted molar refractivity (Wildman–Crippen MR) is 151 cm³/mol. The molecule has 2 saturated heterocycles. The average molecular weight is 601 g/mol. The Hall–Kier alpha value is -4.19. The molecule has 5 rings (SSSR count). The number of carbonyl (C=O) groups is 2. The SMILES string of the molecule is COc1cc(F)c([C@H]2[C@H](NC(=O)c3ccc(OC(F)F)cc3)C(=O)N(c3cccc(C4CCN(C)CC4)n3)[C@H]2C)c(F)c1. The van der Waals surface area contributed by atoms with Crippen molar-refractivity contribution in [2.24, 2.45) is 0 Å². The van der Waals surface area contributed by atoms with Gasteiger partial charge in [0.2, 0.25) is 0 Å². The number of piperidine rings is 1. The summed E-state index contributed by atoms with van der Waals surface area (Å²) in [5.41, 5.74) is 0.487. The first-order valence-electron chi connectivity index (χ1n) is 13.9. The highest BCUT2D eigenvalue weighted by atomic mass is 19.3. The lowest BCUT2D eigenvalue weighted by Crippen LogP contribution is -2.44. The molecule has 0 spiro atoms. The van der Waals surface area contributed by atoms with E-state index in [1.807, 2.05) is 6.07 Å². The van der Waals surface area contributed by atoms with E-state index in [0.29, 0.717) is 5.82 Å². The maximum Gasteiger partial charge on any atom is 0.387 e. The Labute approximate surface area is 246 Å². The zero-order valence-electron chi connectivity index (χ0n) is 23.9. The minimum atomic E-state index is -3.04. The second kappa shape index (κ2) is 12.6. The molecule has 0 bridgehead atoms. The van der Waals surface area contributed by atoms with Gasteiger partial charge in [0.1, 0.15) is 35.0 Å². The normalized spacial score (nSPS) is 21.3. The van der Waals surface area contributed by atoms with Crippen LogP contribution in [0.2, 0.25) is 0 Å². The van der Waals surface area contributed by atoms with E-state index in [2.05, 4.69) is 22.0 Å². The summed E-state index contributed by atoms with van der Waals surface area (Å²) in [7, 11) is 3.34. The van der Waals surface area contributed by atoms with Crippen molar-refractivity contribution in [3.63, 3.8) is 0 Å². The van der Waals surface area contributed by atoms with Crippen molar-refractivity contribution >= 4 is 17.6 Å². The van der Waals surface area contributed by atoms with E-state index in [9.17, 15) is 18.4 Å². The smallest absolute Gasteiger partial charge is 0.387 e. The zero-order chi connectivity index (χ0) is 30.8. The lowest BCUT2D eigenvalue weighted by Gasteiger charge is -2.29. The Morgan fingerprint density at radius 2 is 1.67 bits per heavy atom. The number of nitrogens with one attached hydrogen (secondary N) is 1. The van der Waals surface area contributed by atoms with Crippen LogP contribution in [0, 0.1) is 11.6 Å². The van der Waals surface area contributed by atoms with Crippen LogP contribution < -0.4 is 19.7 Å². The minimum absolute atomic E-state index is 0.0354. The first kappa shape index (κ1) is 30.3. The molecule has 0 radical (unpaired) electrons. The molecular formula is C31H32F4N4O4. The number of methoxy groups -OCH3 is 1. The van der Waals surface area contributed by atoms with Crippen molar-refractivity contribution in [3.8, 4) is 11.5 Å². The minimum Gasteiger partial charge on any atom is -0.497 e. The largest absolute Gasteiger partial charge is 0.497 e. The fraction of sp³-hybridized carbons (Fsp3) is 0.387. The monoisotopic (exact) mass is 600 g/mol. The van der Waals surface area contributed by atoms with Crippen molar-refractivity contribution < 1.29 is 36.6 Å². The van der Waals surface area contributed by atoms with Crippen LogP contribution in [0.15, 0.2) is 54.6 Å². The maximum atomic E-state index is 15.4. The second-order valence-corrected chi connectivity index (χ2v) is 10.8. The van der Waals surface area contributed by atoms with Gasteiger partial charge < -0.3 is 19.7 Å². The summed E-state index contributed by atoms with van der Waals surface area (Å²) in [6, 6.07) is 10.1. The topological polar surface area (TPSA) is 84.0 Å². The Morgan fingerprint density at radius 3 is 2.28 bits per heavy atom. The third-order valence-corrected chi connectivity index (χ3v) is 8.18. The van der Waals surface area contributed by atoms with Crippen molar-refractivity contribution in [2.75, 3.05) is 32.1 Å². The number of pyridine rings is 1. The Morgan fingerprint density at radius 1 is 1.02 bits per heavy atom. The molecular weight excluding hydrogens is 568 g/mol. The molecule has 3 heterocycles. The number of anilines is 1. The molecule has 228 valence electrons. The van der Waals surface area contributed by atoms with Crippen LogP contribution in [0.4, 0.5) is 23.4 Å². The number of benzene rings is 2. The van der Waals surface area contributed by atoms with Gasteiger partial charge in [0.05, 0.1) is 7.11 Å². The van der Waals surface area contributed by atoms with Gasteiger partial charge in [-0.3, -0.25) is 14.5 Å². The summed E-state index contributed by atoms with van der Waals surface area (Å²) < 4.78 is 65.3. The maximum absolute atomic E-state index is 15.4. The summed E-state index contributed by atoms with van der Waals surface area (Å²) in [6.45, 7) is 0.441. The van der Waals surface area contributed by atoms with E-state index in [1.165, 1.54) is 36.3 Å². The first-order valence-corrected chi connectivity index (χ1v) is 13.9. The molecule has 2 aromatic carbocycles. The molecule has 3 atom stereocenters. The van der Waals surface area contributed by atoms with Crippen molar-refractivity contribution in [3.05, 3.63) is 83.1 Å². The van der Waals surface area contributed by atoms with Crippen LogP contribution in [-0.4, -0.2) is 67.6 Å². The second-order valence-electron chi connectivity index (χ2n) is 10.8. The third-order valence-electron chi connectivity index (χ3n) is 8.18. The number of ether oxygens (including phenoxy) is 2. The highest BCUT2D eigenvalue weighted by Gasteiger charge is 2.50. The number of carbonyl (C=O) groups excluding carboxylic acids is 2. The standard InChI is InChI=1S/C31H32F4N4O4/c1-17-26(27-22(32)15-21(42-3)16-23(27)33)28(37-29(40)19-7-9-20(10-8-19)43-31(34)35)30(41)39(17)25-6-4-5-24(36-25)18-11-13-38(2)14-12-18/h4-10,15-18,26,28,31H,11-14H2,1-3H3,(H,37,40)/t17-,26-,28-/m0/s1. The van der Waals surface area contributed by atoms with Gasteiger partial charge in [0, 0.05) is 46.8 Å². The van der Waals surface area contributed by atoms with E-state index in [-0.39, 0.29) is 28.5 Å². The van der Waals surface area contributed by atoms with Gasteiger partial charge >= 0.3 is 6.61 Å². The molecule has 0 unspecified atom stereocenters. The molecule has 0 saturated carbocycles. The van der Waals surface area contributed by atoms with Crippen LogP contribution in [0.25, 0.3) is 0 Å². The van der Waals surface area contributed by atoms with E-state index >= 15 is 8.78 Å². The molecule has 3 aromatic rings. The van der Waals surface area contributed by atoms with Crippen LogP contribution >= 0.6 is 0 Å². The van der Waals surface area contributed by atoms with Crippen LogP contribution in [0.3, 0.4) is 0 Å². The fourth-order valence-electron chi connectivity index (χ4n) is 5.94. The van der Waals surface area contributed by atoms with Gasteiger partial charge in [0.15, 0.2) is 0 Å². The van der Waals surface area contributed by atoms with Gasteiger partial charge in [-0.2, -0.15) is 8.78 Å². The van der Waals surface area contributed by atoms with Gasteiger partial charge in [-0.05, 0) is 76.3 Å². The number of amides is 2. The van der Waals surface area contributed by atoms with E-state index in [4.69, 9.17) is 9.72 Å². The molecule has 43 heavy (non-hydrogen) atoms. The number of alkyl halides is 2.